The predicted molar refractivity (Wildman–Crippen MR) is 101 cm³/mol. The molecule has 0 spiro atoms. The van der Waals surface area contributed by atoms with Crippen LogP contribution >= 0.6 is 23.4 Å². The van der Waals surface area contributed by atoms with Gasteiger partial charge in [-0.3, -0.25) is 4.79 Å². The Morgan fingerprint density at radius 1 is 1.22 bits per heavy atom. The molecule has 27 heavy (non-hydrogen) atoms. The van der Waals surface area contributed by atoms with E-state index in [0.29, 0.717) is 27.9 Å². The van der Waals surface area contributed by atoms with E-state index in [1.54, 1.807) is 48.5 Å². The number of nitrogens with zero attached hydrogens (tertiary/aromatic N) is 3. The lowest BCUT2D eigenvalue weighted by atomic mass is 10.2. The van der Waals surface area contributed by atoms with E-state index in [9.17, 15) is 4.79 Å². The maximum absolute atomic E-state index is 12.0. The van der Waals surface area contributed by atoms with Crippen molar-refractivity contribution in [2.45, 2.75) is 11.8 Å². The van der Waals surface area contributed by atoms with Crippen LogP contribution in [0.25, 0.3) is 0 Å². The van der Waals surface area contributed by atoms with E-state index in [4.69, 9.17) is 26.0 Å². The van der Waals surface area contributed by atoms with Crippen molar-refractivity contribution in [2.24, 2.45) is 0 Å². The first-order valence-electron chi connectivity index (χ1n) is 7.76. The molecular weight excluding hydrogens is 388 g/mol. The topological polar surface area (TPSA) is 101 Å². The third-order valence-electron chi connectivity index (χ3n) is 3.27. The van der Waals surface area contributed by atoms with Crippen molar-refractivity contribution >= 4 is 35.0 Å². The number of anilines is 1. The Morgan fingerprint density at radius 3 is 2.78 bits per heavy atom. The number of carbonyl (C=O) groups is 1. The molecule has 2 aromatic carbocycles. The molecule has 1 aromatic heterocycles. The molecule has 1 heterocycles. The largest absolute Gasteiger partial charge is 0.484 e. The molecule has 3 rings (SSSR count). The van der Waals surface area contributed by atoms with Crippen molar-refractivity contribution in [3.05, 3.63) is 65.0 Å². The lowest BCUT2D eigenvalue weighted by Crippen LogP contribution is -2.14. The minimum absolute atomic E-state index is 0.0689. The van der Waals surface area contributed by atoms with E-state index < -0.39 is 0 Å². The molecule has 7 nitrogen and oxygen atoms in total. The van der Waals surface area contributed by atoms with Gasteiger partial charge in [-0.15, -0.1) is 10.2 Å². The highest BCUT2D eigenvalue weighted by molar-refractivity contribution is 7.99. The molecular formula is C18H13ClN4O3S. The quantitative estimate of drug-likeness (QED) is 0.600. The molecule has 0 saturated heterocycles. The Kier molecular flexibility index (Phi) is 6.30. The van der Waals surface area contributed by atoms with Crippen molar-refractivity contribution in [1.82, 2.24) is 10.2 Å². The fraction of sp³-hybridized carbons (Fsp3) is 0.111. The summed E-state index contributed by atoms with van der Waals surface area (Å²) >= 11 is 6.91. The fourth-order valence-electron chi connectivity index (χ4n) is 2.03. The SMILES string of the molecule is N#Cc1ccccc1NC(=O)CSc1nnc(COc2ccc(Cl)cc2)o1. The van der Waals surface area contributed by atoms with E-state index in [0.717, 1.165) is 11.8 Å². The van der Waals surface area contributed by atoms with E-state index >= 15 is 0 Å². The molecule has 3 aromatic rings. The second-order valence-corrected chi connectivity index (χ2v) is 6.56. The highest BCUT2D eigenvalue weighted by Crippen LogP contribution is 2.20. The molecule has 0 aliphatic carbocycles. The summed E-state index contributed by atoms with van der Waals surface area (Å²) in [5.41, 5.74) is 0.864. The number of halogens is 1. The third kappa shape index (κ3) is 5.48. The Balaban J connectivity index is 1.48. The van der Waals surface area contributed by atoms with Crippen LogP contribution in [-0.2, 0) is 11.4 Å². The summed E-state index contributed by atoms with van der Waals surface area (Å²) in [7, 11) is 0. The molecule has 136 valence electrons. The number of aromatic nitrogens is 2. The van der Waals surface area contributed by atoms with Crippen molar-refractivity contribution < 1.29 is 13.9 Å². The summed E-state index contributed by atoms with van der Waals surface area (Å²) < 4.78 is 10.9. The van der Waals surface area contributed by atoms with E-state index in [1.165, 1.54) is 0 Å². The number of para-hydroxylation sites is 1. The first-order valence-corrected chi connectivity index (χ1v) is 9.13. The van der Waals surface area contributed by atoms with Crippen LogP contribution in [-0.4, -0.2) is 21.9 Å². The third-order valence-corrected chi connectivity index (χ3v) is 4.34. The summed E-state index contributed by atoms with van der Waals surface area (Å²) in [6.07, 6.45) is 0. The molecule has 0 unspecified atom stereocenters. The number of carbonyl (C=O) groups excluding carboxylic acids is 1. The zero-order chi connectivity index (χ0) is 19.1. The number of nitrogens with one attached hydrogen (secondary N) is 1. The number of rotatable bonds is 7. The average Bonchev–Trinajstić information content (AvgIpc) is 3.14. The second kappa shape index (κ2) is 9.07. The van der Waals surface area contributed by atoms with E-state index in [2.05, 4.69) is 15.5 Å². The van der Waals surface area contributed by atoms with Crippen LogP contribution in [0.15, 0.2) is 58.2 Å². The summed E-state index contributed by atoms with van der Waals surface area (Å²) in [6, 6.07) is 15.7. The second-order valence-electron chi connectivity index (χ2n) is 5.20. The van der Waals surface area contributed by atoms with Gasteiger partial charge in [0.15, 0.2) is 6.61 Å². The smallest absolute Gasteiger partial charge is 0.277 e. The summed E-state index contributed by atoms with van der Waals surface area (Å²) in [4.78, 5) is 12.0. The number of amides is 1. The lowest BCUT2D eigenvalue weighted by molar-refractivity contribution is -0.113. The van der Waals surface area contributed by atoms with Gasteiger partial charge in [0, 0.05) is 5.02 Å². The van der Waals surface area contributed by atoms with Crippen LogP contribution < -0.4 is 10.1 Å². The van der Waals surface area contributed by atoms with Crippen molar-refractivity contribution in [3.8, 4) is 11.8 Å². The average molecular weight is 401 g/mol. The van der Waals surface area contributed by atoms with E-state index in [-0.39, 0.29) is 23.5 Å². The van der Waals surface area contributed by atoms with Crippen LogP contribution in [0.3, 0.4) is 0 Å². The monoisotopic (exact) mass is 400 g/mol. The standard InChI is InChI=1S/C18H13ClN4O3S/c19-13-5-7-14(8-6-13)25-10-17-22-23-18(26-17)27-11-16(24)21-15-4-2-1-3-12(15)9-20/h1-8H,10-11H2,(H,21,24). The van der Waals surface area contributed by atoms with Crippen LogP contribution in [0, 0.1) is 11.3 Å². The Labute approximate surface area is 164 Å². The van der Waals surface area contributed by atoms with Gasteiger partial charge in [-0.25, -0.2) is 0 Å². The molecule has 9 heteroatoms. The molecule has 0 fully saturated rings. The first-order chi connectivity index (χ1) is 13.1. The predicted octanol–water partition coefficient (Wildman–Crippen LogP) is 3.90. The summed E-state index contributed by atoms with van der Waals surface area (Å²) in [6.45, 7) is 0.108. The number of ether oxygens (including phenoxy) is 1. The van der Waals surface area contributed by atoms with Gasteiger partial charge >= 0.3 is 0 Å². The lowest BCUT2D eigenvalue weighted by Gasteiger charge is -2.05. The van der Waals surface area contributed by atoms with Gasteiger partial charge < -0.3 is 14.5 Å². The molecule has 0 aliphatic rings. The molecule has 1 amide bonds. The van der Waals surface area contributed by atoms with Gasteiger partial charge in [0.05, 0.1) is 17.0 Å². The Hall–Kier alpha value is -3.02. The number of hydrogen-bond acceptors (Lipinski definition) is 7. The Morgan fingerprint density at radius 2 is 2.00 bits per heavy atom. The van der Waals surface area contributed by atoms with Crippen molar-refractivity contribution in [3.63, 3.8) is 0 Å². The summed E-state index contributed by atoms with van der Waals surface area (Å²) in [5.74, 6) is 0.712. The van der Waals surface area contributed by atoms with Crippen LogP contribution in [0.5, 0.6) is 5.75 Å². The Bertz CT molecular complexity index is 969. The molecule has 0 saturated carbocycles. The van der Waals surface area contributed by atoms with Gasteiger partial charge in [-0.2, -0.15) is 5.26 Å². The van der Waals surface area contributed by atoms with Crippen molar-refractivity contribution in [2.75, 3.05) is 11.1 Å². The molecule has 1 N–H and O–H groups in total. The molecule has 0 atom stereocenters. The van der Waals surface area contributed by atoms with Crippen LogP contribution in [0.2, 0.25) is 5.02 Å². The van der Waals surface area contributed by atoms with Crippen LogP contribution in [0.4, 0.5) is 5.69 Å². The normalized spacial score (nSPS) is 10.2. The maximum atomic E-state index is 12.0. The van der Waals surface area contributed by atoms with E-state index in [1.807, 2.05) is 6.07 Å². The molecule has 0 radical (unpaired) electrons. The van der Waals surface area contributed by atoms with Gasteiger partial charge in [-0.1, -0.05) is 35.5 Å². The number of thioether (sulfide) groups is 1. The first kappa shape index (κ1) is 18.8. The zero-order valence-corrected chi connectivity index (χ0v) is 15.5. The number of nitriles is 1. The van der Waals surface area contributed by atoms with Crippen molar-refractivity contribution in [1.29, 1.82) is 5.26 Å². The van der Waals surface area contributed by atoms with Gasteiger partial charge in [-0.05, 0) is 36.4 Å². The molecule has 0 bridgehead atoms. The fourth-order valence-corrected chi connectivity index (χ4v) is 2.74. The highest BCUT2D eigenvalue weighted by atomic mass is 35.5. The highest BCUT2D eigenvalue weighted by Gasteiger charge is 2.11. The van der Waals surface area contributed by atoms with Gasteiger partial charge in [0.1, 0.15) is 11.8 Å². The zero-order valence-electron chi connectivity index (χ0n) is 13.9. The minimum Gasteiger partial charge on any atom is -0.484 e. The minimum atomic E-state index is -0.278. The van der Waals surface area contributed by atoms with Gasteiger partial charge in [0.2, 0.25) is 5.91 Å². The number of hydrogen-bond donors (Lipinski definition) is 1. The number of benzene rings is 2. The van der Waals surface area contributed by atoms with Gasteiger partial charge in [0.25, 0.3) is 11.1 Å². The summed E-state index contributed by atoms with van der Waals surface area (Å²) in [5, 5.41) is 20.3. The molecule has 0 aliphatic heterocycles. The maximum Gasteiger partial charge on any atom is 0.277 e. The van der Waals surface area contributed by atoms with Crippen LogP contribution in [0.1, 0.15) is 11.5 Å².